The molecular formula is C15H23N3. The van der Waals surface area contributed by atoms with Crippen molar-refractivity contribution < 1.29 is 0 Å². The molecule has 18 heavy (non-hydrogen) atoms. The highest BCUT2D eigenvalue weighted by molar-refractivity contribution is 5.46. The third kappa shape index (κ3) is 2.52. The summed E-state index contributed by atoms with van der Waals surface area (Å²) in [5, 5.41) is 0. The van der Waals surface area contributed by atoms with E-state index in [1.54, 1.807) is 0 Å². The molecule has 0 bridgehead atoms. The van der Waals surface area contributed by atoms with E-state index in [0.29, 0.717) is 0 Å². The molecule has 1 aromatic carbocycles. The van der Waals surface area contributed by atoms with Crippen molar-refractivity contribution in [2.45, 2.75) is 38.9 Å². The normalized spacial score (nSPS) is 19.4. The number of nitrogens with zero attached hydrogens (tertiary/aromatic N) is 2. The van der Waals surface area contributed by atoms with Crippen molar-refractivity contribution in [1.29, 1.82) is 0 Å². The molecule has 3 heteroatoms. The van der Waals surface area contributed by atoms with Crippen molar-refractivity contribution in [2.24, 2.45) is 0 Å². The molecule has 0 unspecified atom stereocenters. The number of nitrogen functional groups attached to an aromatic ring is 1. The van der Waals surface area contributed by atoms with Crippen LogP contribution in [-0.4, -0.2) is 35.5 Å². The Morgan fingerprint density at radius 2 is 2.06 bits per heavy atom. The van der Waals surface area contributed by atoms with Crippen LogP contribution in [0.4, 0.5) is 5.69 Å². The molecular weight excluding hydrogens is 222 g/mol. The first kappa shape index (κ1) is 12.0. The molecule has 2 aliphatic rings. The van der Waals surface area contributed by atoms with Crippen LogP contribution in [0.15, 0.2) is 18.2 Å². The average Bonchev–Trinajstić information content (AvgIpc) is 3.10. The summed E-state index contributed by atoms with van der Waals surface area (Å²) in [7, 11) is 0. The number of anilines is 1. The molecule has 1 saturated carbocycles. The Morgan fingerprint density at radius 1 is 1.28 bits per heavy atom. The first-order valence-corrected chi connectivity index (χ1v) is 7.10. The Morgan fingerprint density at radius 3 is 2.78 bits per heavy atom. The van der Waals surface area contributed by atoms with E-state index in [0.717, 1.165) is 24.8 Å². The summed E-state index contributed by atoms with van der Waals surface area (Å²) in [6, 6.07) is 7.22. The van der Waals surface area contributed by atoms with Crippen LogP contribution in [0, 0.1) is 0 Å². The molecule has 3 rings (SSSR count). The molecule has 2 N–H and O–H groups in total. The van der Waals surface area contributed by atoms with Gasteiger partial charge in [0.05, 0.1) is 0 Å². The number of likely N-dealkylation sites (N-methyl/N-ethyl adjacent to an activating group) is 1. The lowest BCUT2D eigenvalue weighted by molar-refractivity contribution is 0.205. The lowest BCUT2D eigenvalue weighted by Gasteiger charge is -2.23. The van der Waals surface area contributed by atoms with E-state index >= 15 is 0 Å². The monoisotopic (exact) mass is 245 g/mol. The minimum atomic E-state index is 0.885. The van der Waals surface area contributed by atoms with Gasteiger partial charge in [0.2, 0.25) is 0 Å². The molecule has 98 valence electrons. The van der Waals surface area contributed by atoms with Gasteiger partial charge in [-0.15, -0.1) is 0 Å². The highest BCUT2D eigenvalue weighted by atomic mass is 15.2. The van der Waals surface area contributed by atoms with E-state index in [2.05, 4.69) is 28.9 Å². The van der Waals surface area contributed by atoms with Crippen LogP contribution >= 0.6 is 0 Å². The summed E-state index contributed by atoms with van der Waals surface area (Å²) >= 11 is 0. The zero-order chi connectivity index (χ0) is 12.5. The fraction of sp³-hybridized carbons (Fsp3) is 0.600. The Kier molecular flexibility index (Phi) is 3.27. The summed E-state index contributed by atoms with van der Waals surface area (Å²) < 4.78 is 0. The van der Waals surface area contributed by atoms with Gasteiger partial charge in [0.15, 0.2) is 0 Å². The first-order chi connectivity index (χ1) is 8.76. The number of hydrogen-bond acceptors (Lipinski definition) is 3. The van der Waals surface area contributed by atoms with Gasteiger partial charge in [0.25, 0.3) is 0 Å². The highest BCUT2D eigenvalue weighted by Gasteiger charge is 2.28. The van der Waals surface area contributed by atoms with Gasteiger partial charge in [-0.05, 0) is 42.6 Å². The average molecular weight is 245 g/mol. The maximum absolute atomic E-state index is 5.84. The summed E-state index contributed by atoms with van der Waals surface area (Å²) in [5.41, 5.74) is 9.61. The quantitative estimate of drug-likeness (QED) is 0.806. The van der Waals surface area contributed by atoms with Gasteiger partial charge in [0.1, 0.15) is 0 Å². The maximum atomic E-state index is 5.84. The van der Waals surface area contributed by atoms with E-state index < -0.39 is 0 Å². The second kappa shape index (κ2) is 4.90. The number of fused-ring (bicyclic) bond motifs is 1. The van der Waals surface area contributed by atoms with Gasteiger partial charge in [-0.25, -0.2) is 0 Å². The Hall–Kier alpha value is -1.06. The molecule has 3 nitrogen and oxygen atoms in total. The predicted octanol–water partition coefficient (Wildman–Crippen LogP) is 2.07. The van der Waals surface area contributed by atoms with Crippen LogP contribution in [0.1, 0.15) is 30.9 Å². The topological polar surface area (TPSA) is 32.5 Å². The minimum Gasteiger partial charge on any atom is -0.399 e. The molecule has 1 aliphatic carbocycles. The molecule has 0 spiro atoms. The van der Waals surface area contributed by atoms with Crippen LogP contribution in [-0.2, 0) is 13.1 Å². The van der Waals surface area contributed by atoms with Crippen molar-refractivity contribution in [3.05, 3.63) is 29.3 Å². The fourth-order valence-corrected chi connectivity index (χ4v) is 2.95. The number of rotatable bonds is 5. The Labute approximate surface area is 110 Å². The van der Waals surface area contributed by atoms with Crippen LogP contribution in [0.5, 0.6) is 0 Å². The molecule has 1 aliphatic heterocycles. The van der Waals surface area contributed by atoms with Crippen molar-refractivity contribution in [2.75, 3.05) is 25.4 Å². The van der Waals surface area contributed by atoms with Crippen molar-refractivity contribution in [1.82, 2.24) is 9.80 Å². The molecule has 0 aromatic heterocycles. The van der Waals surface area contributed by atoms with Gasteiger partial charge >= 0.3 is 0 Å². The van der Waals surface area contributed by atoms with Crippen LogP contribution in [0.2, 0.25) is 0 Å². The van der Waals surface area contributed by atoms with Crippen molar-refractivity contribution in [3.8, 4) is 0 Å². The summed E-state index contributed by atoms with van der Waals surface area (Å²) in [6.45, 7) is 8.03. The summed E-state index contributed by atoms with van der Waals surface area (Å²) in [4.78, 5) is 5.16. The third-order valence-corrected chi connectivity index (χ3v) is 4.19. The van der Waals surface area contributed by atoms with Gasteiger partial charge in [-0.2, -0.15) is 0 Å². The van der Waals surface area contributed by atoms with E-state index in [1.807, 2.05) is 6.07 Å². The molecule has 0 amide bonds. The lowest BCUT2D eigenvalue weighted by atomic mass is 10.1. The van der Waals surface area contributed by atoms with Crippen molar-refractivity contribution >= 4 is 5.69 Å². The molecule has 0 saturated heterocycles. The molecule has 1 aromatic rings. The van der Waals surface area contributed by atoms with Crippen molar-refractivity contribution in [3.63, 3.8) is 0 Å². The molecule has 0 atom stereocenters. The molecule has 0 radical (unpaired) electrons. The minimum absolute atomic E-state index is 0.885. The van der Waals surface area contributed by atoms with E-state index in [1.165, 1.54) is 43.6 Å². The number of hydrogen-bond donors (Lipinski definition) is 1. The third-order valence-electron chi connectivity index (χ3n) is 4.19. The van der Waals surface area contributed by atoms with Gasteiger partial charge in [0, 0.05) is 37.9 Å². The summed E-state index contributed by atoms with van der Waals surface area (Å²) in [5.74, 6) is 0. The Bertz CT molecular complexity index is 426. The number of benzene rings is 1. The SMILES string of the molecule is CCN(CCN1Cc2ccc(N)cc2C1)C1CC1. The van der Waals surface area contributed by atoms with Crippen LogP contribution in [0.3, 0.4) is 0 Å². The van der Waals surface area contributed by atoms with Gasteiger partial charge < -0.3 is 5.73 Å². The van der Waals surface area contributed by atoms with E-state index in [-0.39, 0.29) is 0 Å². The smallest absolute Gasteiger partial charge is 0.0317 e. The summed E-state index contributed by atoms with van der Waals surface area (Å²) in [6.07, 6.45) is 2.81. The van der Waals surface area contributed by atoms with E-state index in [4.69, 9.17) is 5.73 Å². The van der Waals surface area contributed by atoms with Gasteiger partial charge in [-0.1, -0.05) is 13.0 Å². The first-order valence-electron chi connectivity index (χ1n) is 7.10. The largest absolute Gasteiger partial charge is 0.399 e. The second-order valence-electron chi connectivity index (χ2n) is 5.60. The predicted molar refractivity (Wildman–Crippen MR) is 75.2 cm³/mol. The number of nitrogens with two attached hydrogens (primary N) is 1. The fourth-order valence-electron chi connectivity index (χ4n) is 2.95. The molecule has 1 heterocycles. The standard InChI is InChI=1S/C15H23N3/c1-2-18(15-5-6-15)8-7-17-10-12-3-4-14(16)9-13(12)11-17/h3-4,9,15H,2,5-8,10-11,16H2,1H3. The molecule has 1 fully saturated rings. The van der Waals surface area contributed by atoms with Crippen LogP contribution in [0.25, 0.3) is 0 Å². The highest BCUT2D eigenvalue weighted by Crippen LogP contribution is 2.27. The lowest BCUT2D eigenvalue weighted by Crippen LogP contribution is -2.34. The maximum Gasteiger partial charge on any atom is 0.0317 e. The van der Waals surface area contributed by atoms with Gasteiger partial charge in [-0.3, -0.25) is 9.80 Å². The second-order valence-corrected chi connectivity index (χ2v) is 5.60. The van der Waals surface area contributed by atoms with Crippen LogP contribution < -0.4 is 5.73 Å². The van der Waals surface area contributed by atoms with E-state index in [9.17, 15) is 0 Å². The zero-order valence-electron chi connectivity index (χ0n) is 11.2. The Balaban J connectivity index is 1.54. The zero-order valence-corrected chi connectivity index (χ0v) is 11.2.